The van der Waals surface area contributed by atoms with E-state index in [-0.39, 0.29) is 23.7 Å². The molecular weight excluding hydrogens is 284 g/mol. The summed E-state index contributed by atoms with van der Waals surface area (Å²) in [6, 6.07) is 6.69. The Kier molecular flexibility index (Phi) is 4.80. The number of ether oxygens (including phenoxy) is 1. The first-order valence-electron chi connectivity index (χ1n) is 7.26. The lowest BCUT2D eigenvalue weighted by molar-refractivity contribution is -0.154. The van der Waals surface area contributed by atoms with Crippen molar-refractivity contribution in [2.45, 2.75) is 33.3 Å². The van der Waals surface area contributed by atoms with Crippen LogP contribution in [0.25, 0.3) is 0 Å². The molecular formula is C16H20N2O4. The summed E-state index contributed by atoms with van der Waals surface area (Å²) >= 11 is 0. The third-order valence-electron chi connectivity index (χ3n) is 3.55. The van der Waals surface area contributed by atoms with Crippen LogP contribution in [-0.4, -0.2) is 23.9 Å². The number of hydrogen-bond donors (Lipinski definition) is 2. The molecule has 0 heterocycles. The monoisotopic (exact) mass is 304 g/mol. The van der Waals surface area contributed by atoms with Crippen molar-refractivity contribution in [3.8, 4) is 0 Å². The molecule has 1 saturated carbocycles. The molecule has 1 aliphatic carbocycles. The van der Waals surface area contributed by atoms with E-state index in [0.29, 0.717) is 17.3 Å². The molecule has 0 aromatic heterocycles. The summed E-state index contributed by atoms with van der Waals surface area (Å²) in [4.78, 5) is 34.6. The topological polar surface area (TPSA) is 84.5 Å². The van der Waals surface area contributed by atoms with Crippen LogP contribution in [0.15, 0.2) is 24.3 Å². The zero-order valence-corrected chi connectivity index (χ0v) is 12.9. The Morgan fingerprint density at radius 3 is 2.09 bits per heavy atom. The van der Waals surface area contributed by atoms with Crippen LogP contribution in [0.2, 0.25) is 0 Å². The van der Waals surface area contributed by atoms with Crippen LogP contribution in [0.3, 0.4) is 0 Å². The van der Waals surface area contributed by atoms with Crippen molar-refractivity contribution in [3.63, 3.8) is 0 Å². The lowest BCUT2D eigenvalue weighted by Gasteiger charge is -2.13. The van der Waals surface area contributed by atoms with Crippen LogP contribution >= 0.6 is 0 Å². The first-order chi connectivity index (χ1) is 10.4. The number of anilines is 2. The van der Waals surface area contributed by atoms with Crippen LogP contribution in [0, 0.1) is 11.8 Å². The number of hydrogen-bond acceptors (Lipinski definition) is 4. The molecule has 1 aliphatic rings. The number of nitrogens with one attached hydrogen (secondary N) is 2. The third-order valence-corrected chi connectivity index (χ3v) is 3.55. The van der Waals surface area contributed by atoms with Gasteiger partial charge in [0.05, 0.1) is 5.92 Å². The third kappa shape index (κ3) is 4.31. The number of carbonyl (C=O) groups excluding carboxylic acids is 3. The molecule has 2 amide bonds. The highest BCUT2D eigenvalue weighted by atomic mass is 16.5. The average molecular weight is 304 g/mol. The molecule has 6 nitrogen and oxygen atoms in total. The molecule has 2 N–H and O–H groups in total. The minimum absolute atomic E-state index is 0.0628. The molecule has 3 atom stereocenters. The molecule has 0 unspecified atom stereocenters. The highest BCUT2D eigenvalue weighted by Crippen LogP contribution is 2.38. The van der Waals surface area contributed by atoms with Crippen LogP contribution in [0.4, 0.5) is 11.4 Å². The van der Waals surface area contributed by atoms with Gasteiger partial charge in [0.15, 0.2) is 6.10 Å². The SMILES string of the molecule is CC(=O)Nc1ccc(NC(=O)[C@H](C)OC(=O)[C@H]2C[C@@H]2C)cc1. The van der Waals surface area contributed by atoms with E-state index in [1.54, 1.807) is 31.2 Å². The molecule has 1 aromatic carbocycles. The molecule has 0 radical (unpaired) electrons. The summed E-state index contributed by atoms with van der Waals surface area (Å²) in [6.07, 6.45) is -0.00653. The van der Waals surface area contributed by atoms with Crippen LogP contribution in [0.5, 0.6) is 0 Å². The Morgan fingerprint density at radius 2 is 1.64 bits per heavy atom. The predicted octanol–water partition coefficient (Wildman–Crippen LogP) is 2.17. The van der Waals surface area contributed by atoms with E-state index >= 15 is 0 Å². The van der Waals surface area contributed by atoms with Crippen LogP contribution in [0.1, 0.15) is 27.2 Å². The lowest BCUT2D eigenvalue weighted by atomic mass is 10.2. The molecule has 6 heteroatoms. The minimum Gasteiger partial charge on any atom is -0.452 e. The van der Waals surface area contributed by atoms with Crippen molar-refractivity contribution in [3.05, 3.63) is 24.3 Å². The lowest BCUT2D eigenvalue weighted by Crippen LogP contribution is -2.30. The summed E-state index contributed by atoms with van der Waals surface area (Å²) in [7, 11) is 0. The van der Waals surface area contributed by atoms with Crippen LogP contribution < -0.4 is 10.6 Å². The van der Waals surface area contributed by atoms with Gasteiger partial charge in [0.1, 0.15) is 0 Å². The van der Waals surface area contributed by atoms with Crippen molar-refractivity contribution in [2.24, 2.45) is 11.8 Å². The van der Waals surface area contributed by atoms with Gasteiger partial charge in [-0.05, 0) is 43.5 Å². The fourth-order valence-corrected chi connectivity index (χ4v) is 2.05. The summed E-state index contributed by atoms with van der Waals surface area (Å²) in [5, 5.41) is 5.31. The minimum atomic E-state index is -0.838. The van der Waals surface area contributed by atoms with E-state index in [0.717, 1.165) is 6.42 Å². The Bertz CT molecular complexity index is 582. The zero-order valence-electron chi connectivity index (χ0n) is 12.9. The van der Waals surface area contributed by atoms with E-state index in [1.807, 2.05) is 6.92 Å². The first-order valence-corrected chi connectivity index (χ1v) is 7.26. The average Bonchev–Trinajstić information content (AvgIpc) is 3.17. The van der Waals surface area contributed by atoms with E-state index in [2.05, 4.69) is 10.6 Å². The molecule has 22 heavy (non-hydrogen) atoms. The molecule has 1 aromatic rings. The van der Waals surface area contributed by atoms with Crippen molar-refractivity contribution in [1.29, 1.82) is 0 Å². The second-order valence-corrected chi connectivity index (χ2v) is 5.65. The Balaban J connectivity index is 1.85. The van der Waals surface area contributed by atoms with Crippen molar-refractivity contribution in [2.75, 3.05) is 10.6 Å². The van der Waals surface area contributed by atoms with Gasteiger partial charge >= 0.3 is 5.97 Å². The van der Waals surface area contributed by atoms with Gasteiger partial charge in [0.25, 0.3) is 5.91 Å². The van der Waals surface area contributed by atoms with Crippen molar-refractivity contribution in [1.82, 2.24) is 0 Å². The second kappa shape index (κ2) is 6.60. The molecule has 2 rings (SSSR count). The summed E-state index contributed by atoms with van der Waals surface area (Å²) in [6.45, 7) is 4.95. The smallest absolute Gasteiger partial charge is 0.309 e. The standard InChI is InChI=1S/C16H20N2O4/c1-9-8-14(9)16(21)22-10(2)15(20)18-13-6-4-12(5-7-13)17-11(3)19/h4-7,9-10,14H,8H2,1-3H3,(H,17,19)(H,18,20)/t9-,10-,14-/m0/s1. The summed E-state index contributed by atoms with van der Waals surface area (Å²) < 4.78 is 5.15. The van der Waals surface area contributed by atoms with Gasteiger partial charge in [-0.1, -0.05) is 6.92 Å². The molecule has 0 saturated heterocycles. The Morgan fingerprint density at radius 1 is 1.14 bits per heavy atom. The maximum atomic E-state index is 12.0. The van der Waals surface area contributed by atoms with Gasteiger partial charge in [0.2, 0.25) is 5.91 Å². The van der Waals surface area contributed by atoms with Gasteiger partial charge in [-0.3, -0.25) is 14.4 Å². The van der Waals surface area contributed by atoms with Crippen molar-refractivity contribution >= 4 is 29.2 Å². The maximum Gasteiger partial charge on any atom is 0.309 e. The van der Waals surface area contributed by atoms with E-state index in [4.69, 9.17) is 4.74 Å². The van der Waals surface area contributed by atoms with E-state index in [1.165, 1.54) is 6.92 Å². The van der Waals surface area contributed by atoms with Crippen molar-refractivity contribution < 1.29 is 19.1 Å². The Hall–Kier alpha value is -2.37. The quantitative estimate of drug-likeness (QED) is 0.817. The van der Waals surface area contributed by atoms with Gasteiger partial charge in [-0.2, -0.15) is 0 Å². The number of rotatable bonds is 5. The largest absolute Gasteiger partial charge is 0.452 e. The number of carbonyl (C=O) groups is 3. The van der Waals surface area contributed by atoms with Gasteiger partial charge < -0.3 is 15.4 Å². The van der Waals surface area contributed by atoms with E-state index < -0.39 is 6.10 Å². The number of amides is 2. The van der Waals surface area contributed by atoms with Gasteiger partial charge in [-0.25, -0.2) is 0 Å². The molecule has 0 aliphatic heterocycles. The molecule has 1 fully saturated rings. The Labute approximate surface area is 129 Å². The van der Waals surface area contributed by atoms with Gasteiger partial charge in [-0.15, -0.1) is 0 Å². The number of esters is 1. The summed E-state index contributed by atoms with van der Waals surface area (Å²) in [5.41, 5.74) is 1.22. The molecule has 118 valence electrons. The molecule has 0 spiro atoms. The highest BCUT2D eigenvalue weighted by molar-refractivity contribution is 5.95. The fraction of sp³-hybridized carbons (Fsp3) is 0.438. The molecule has 0 bridgehead atoms. The van der Waals surface area contributed by atoms with Crippen LogP contribution in [-0.2, 0) is 19.1 Å². The van der Waals surface area contributed by atoms with Gasteiger partial charge in [0, 0.05) is 18.3 Å². The predicted molar refractivity (Wildman–Crippen MR) is 82.2 cm³/mol. The zero-order chi connectivity index (χ0) is 16.3. The normalized spacial score (nSPS) is 20.7. The van der Waals surface area contributed by atoms with E-state index in [9.17, 15) is 14.4 Å². The second-order valence-electron chi connectivity index (χ2n) is 5.65. The number of benzene rings is 1. The highest BCUT2D eigenvalue weighted by Gasteiger charge is 2.41. The maximum absolute atomic E-state index is 12.0. The fourth-order valence-electron chi connectivity index (χ4n) is 2.05. The summed E-state index contributed by atoms with van der Waals surface area (Å²) in [5.74, 6) is -0.562. The first kappa shape index (κ1) is 16.0.